The number of aliphatic hydroxyl groups is 3. The lowest BCUT2D eigenvalue weighted by atomic mass is 9.99. The van der Waals surface area contributed by atoms with E-state index in [2.05, 4.69) is 0 Å². The van der Waals surface area contributed by atoms with E-state index in [1.807, 2.05) is 0 Å². The van der Waals surface area contributed by atoms with Crippen LogP contribution in [0, 0.1) is 0 Å². The Balaban J connectivity index is 1.41. The number of carbonyl (C=O) groups excluding carboxylic acids is 1. The number of carbonyl (C=O) groups is 1. The second kappa shape index (κ2) is 11.9. The van der Waals surface area contributed by atoms with Gasteiger partial charge in [-0.3, -0.25) is 4.79 Å². The number of phenols is 3. The molecule has 5 rings (SSSR count). The molecule has 1 aromatic heterocycles. The monoisotopic (exact) mass is 578 g/mol. The van der Waals surface area contributed by atoms with Crippen LogP contribution in [-0.4, -0.2) is 73.9 Å². The third-order valence-corrected chi connectivity index (χ3v) is 6.64. The smallest absolute Gasteiger partial charge is 0.331 e. The standard InChI is InChI=1S/C30H26O12/c31-13-23-27(37)28(38)29(42-24(35)10-3-15-1-6-17(32)7-2-15)30(41-23)40-19-11-21(34)25-22(12-19)39-14-20(26(25)36)16-4-8-18(33)9-5-16/h1-12,14,23,27-34,37-38H,13H2/t23-,27-,28+,29-,30-/m1/s1. The van der Waals surface area contributed by atoms with Gasteiger partial charge in [-0.15, -0.1) is 0 Å². The molecule has 12 heteroatoms. The number of hydrogen-bond donors (Lipinski definition) is 6. The number of phenolic OH excluding ortho intramolecular Hbond substituents is 3. The number of fused-ring (bicyclic) bond motifs is 1. The fourth-order valence-electron chi connectivity index (χ4n) is 4.45. The topological polar surface area (TPSA) is 196 Å². The van der Waals surface area contributed by atoms with Gasteiger partial charge in [-0.25, -0.2) is 4.79 Å². The minimum atomic E-state index is -1.73. The molecule has 42 heavy (non-hydrogen) atoms. The normalized spacial score (nSPS) is 22.3. The highest BCUT2D eigenvalue weighted by atomic mass is 16.7. The van der Waals surface area contributed by atoms with Gasteiger partial charge in [-0.1, -0.05) is 24.3 Å². The Morgan fingerprint density at radius 2 is 1.60 bits per heavy atom. The van der Waals surface area contributed by atoms with Crippen molar-refractivity contribution in [2.45, 2.75) is 30.7 Å². The summed E-state index contributed by atoms with van der Waals surface area (Å²) in [6.45, 7) is -0.697. The van der Waals surface area contributed by atoms with Gasteiger partial charge in [0, 0.05) is 18.2 Å². The Morgan fingerprint density at radius 3 is 2.26 bits per heavy atom. The highest BCUT2D eigenvalue weighted by molar-refractivity contribution is 5.88. The molecule has 1 fully saturated rings. The maximum Gasteiger partial charge on any atom is 0.331 e. The van der Waals surface area contributed by atoms with Crippen LogP contribution in [0.25, 0.3) is 28.2 Å². The summed E-state index contributed by atoms with van der Waals surface area (Å²) in [5, 5.41) is 60.2. The zero-order valence-corrected chi connectivity index (χ0v) is 21.7. The van der Waals surface area contributed by atoms with Crippen molar-refractivity contribution < 1.29 is 54.1 Å². The molecule has 0 spiro atoms. The molecule has 6 N–H and O–H groups in total. The maximum atomic E-state index is 13.1. The van der Waals surface area contributed by atoms with Gasteiger partial charge < -0.3 is 49.3 Å². The summed E-state index contributed by atoms with van der Waals surface area (Å²) in [4.78, 5) is 25.7. The largest absolute Gasteiger partial charge is 0.508 e. The van der Waals surface area contributed by atoms with Crippen molar-refractivity contribution in [3.63, 3.8) is 0 Å². The molecule has 0 radical (unpaired) electrons. The van der Waals surface area contributed by atoms with E-state index in [0.29, 0.717) is 11.1 Å². The summed E-state index contributed by atoms with van der Waals surface area (Å²) < 4.78 is 22.3. The highest BCUT2D eigenvalue weighted by Gasteiger charge is 2.48. The number of benzene rings is 3. The summed E-state index contributed by atoms with van der Waals surface area (Å²) in [5.74, 6) is -1.48. The van der Waals surface area contributed by atoms with Crippen molar-refractivity contribution in [1.29, 1.82) is 0 Å². The molecule has 0 unspecified atom stereocenters. The van der Waals surface area contributed by atoms with Crippen LogP contribution in [0.4, 0.5) is 0 Å². The summed E-state index contributed by atoms with van der Waals surface area (Å²) in [6, 6.07) is 14.2. The SMILES string of the molecule is O=C(C=Cc1ccc(O)cc1)O[C@H]1[C@H](Oc2cc(O)c3c(=O)c(-c4ccc(O)cc4)coc3c2)O[C@H](CO)[C@@H](O)[C@@H]1O. The van der Waals surface area contributed by atoms with Gasteiger partial charge in [0.15, 0.2) is 6.10 Å². The summed E-state index contributed by atoms with van der Waals surface area (Å²) in [6.07, 6.45) is -4.16. The minimum Gasteiger partial charge on any atom is -0.508 e. The molecule has 218 valence electrons. The zero-order chi connectivity index (χ0) is 30.0. The lowest BCUT2D eigenvalue weighted by molar-refractivity contribution is -0.281. The van der Waals surface area contributed by atoms with E-state index in [4.69, 9.17) is 18.6 Å². The molecule has 12 nitrogen and oxygen atoms in total. The second-order valence-electron chi connectivity index (χ2n) is 9.49. The predicted molar refractivity (Wildman–Crippen MR) is 147 cm³/mol. The molecule has 0 bridgehead atoms. The van der Waals surface area contributed by atoms with Gasteiger partial charge in [0.1, 0.15) is 58.5 Å². The third kappa shape index (κ3) is 5.92. The molecule has 0 aliphatic carbocycles. The van der Waals surface area contributed by atoms with Gasteiger partial charge >= 0.3 is 5.97 Å². The van der Waals surface area contributed by atoms with Crippen LogP contribution in [0.15, 0.2) is 82.2 Å². The number of hydrogen-bond acceptors (Lipinski definition) is 12. The third-order valence-electron chi connectivity index (χ3n) is 6.64. The van der Waals surface area contributed by atoms with E-state index < -0.39 is 54.5 Å². The Labute approximate surface area is 237 Å². The average Bonchev–Trinajstić information content (AvgIpc) is 2.97. The summed E-state index contributed by atoms with van der Waals surface area (Å²) in [7, 11) is 0. The van der Waals surface area contributed by atoms with Crippen molar-refractivity contribution in [1.82, 2.24) is 0 Å². The fourth-order valence-corrected chi connectivity index (χ4v) is 4.45. The van der Waals surface area contributed by atoms with Crippen LogP contribution < -0.4 is 10.2 Å². The van der Waals surface area contributed by atoms with Crippen molar-refractivity contribution in [2.75, 3.05) is 6.61 Å². The highest BCUT2D eigenvalue weighted by Crippen LogP contribution is 2.33. The first-order valence-corrected chi connectivity index (χ1v) is 12.7. The summed E-state index contributed by atoms with van der Waals surface area (Å²) in [5.41, 5.74) is 0.548. The number of aliphatic hydroxyl groups excluding tert-OH is 3. The van der Waals surface area contributed by atoms with Crippen LogP contribution in [-0.2, 0) is 14.3 Å². The quantitative estimate of drug-likeness (QED) is 0.138. The lowest BCUT2D eigenvalue weighted by Gasteiger charge is -2.41. The van der Waals surface area contributed by atoms with Crippen molar-refractivity contribution in [3.8, 4) is 34.1 Å². The van der Waals surface area contributed by atoms with E-state index in [1.165, 1.54) is 54.8 Å². The molecule has 1 aliphatic heterocycles. The predicted octanol–water partition coefficient (Wildman–Crippen LogP) is 2.02. The van der Waals surface area contributed by atoms with Crippen molar-refractivity contribution >= 4 is 23.0 Å². The molecule has 4 aromatic rings. The number of esters is 1. The molecular formula is C30H26O12. The molecule has 1 saturated heterocycles. The molecular weight excluding hydrogens is 552 g/mol. The first-order valence-electron chi connectivity index (χ1n) is 12.7. The van der Waals surface area contributed by atoms with Gasteiger partial charge in [-0.05, 0) is 41.5 Å². The van der Waals surface area contributed by atoms with E-state index in [1.54, 1.807) is 12.1 Å². The Morgan fingerprint density at radius 1 is 0.929 bits per heavy atom. The molecule has 3 aromatic carbocycles. The van der Waals surface area contributed by atoms with E-state index in [9.17, 15) is 40.2 Å². The molecule has 2 heterocycles. The summed E-state index contributed by atoms with van der Waals surface area (Å²) >= 11 is 0. The van der Waals surface area contributed by atoms with E-state index in [-0.39, 0.29) is 33.8 Å². The zero-order valence-electron chi connectivity index (χ0n) is 21.7. The number of rotatable bonds is 7. The van der Waals surface area contributed by atoms with Gasteiger partial charge in [0.2, 0.25) is 11.7 Å². The van der Waals surface area contributed by atoms with Crippen molar-refractivity contribution in [3.05, 3.63) is 88.8 Å². The molecule has 5 atom stereocenters. The molecule has 0 saturated carbocycles. The fraction of sp³-hybridized carbons (Fsp3) is 0.200. The average molecular weight is 579 g/mol. The Hall–Kier alpha value is -4.88. The minimum absolute atomic E-state index is 0.0110. The van der Waals surface area contributed by atoms with Crippen LogP contribution in [0.5, 0.6) is 23.0 Å². The maximum absolute atomic E-state index is 13.1. The second-order valence-corrected chi connectivity index (χ2v) is 9.49. The Bertz CT molecular complexity index is 1660. The van der Waals surface area contributed by atoms with Crippen LogP contribution in [0.2, 0.25) is 0 Å². The number of ether oxygens (including phenoxy) is 3. The number of aromatic hydroxyl groups is 3. The van der Waals surface area contributed by atoms with Crippen molar-refractivity contribution in [2.24, 2.45) is 0 Å². The van der Waals surface area contributed by atoms with Crippen LogP contribution in [0.1, 0.15) is 5.56 Å². The molecule has 0 amide bonds. The van der Waals surface area contributed by atoms with Gasteiger partial charge in [0.05, 0.1) is 12.2 Å². The van der Waals surface area contributed by atoms with Gasteiger partial charge in [-0.2, -0.15) is 0 Å². The van der Waals surface area contributed by atoms with Gasteiger partial charge in [0.25, 0.3) is 0 Å². The van der Waals surface area contributed by atoms with Crippen LogP contribution in [0.3, 0.4) is 0 Å². The lowest BCUT2D eigenvalue weighted by Crippen LogP contribution is -2.61. The van der Waals surface area contributed by atoms with E-state index >= 15 is 0 Å². The van der Waals surface area contributed by atoms with E-state index in [0.717, 1.165) is 12.1 Å². The first kappa shape index (κ1) is 28.6. The Kier molecular flexibility index (Phi) is 8.13. The van der Waals surface area contributed by atoms with Crippen LogP contribution >= 0.6 is 0 Å². The first-order chi connectivity index (χ1) is 20.1. The molecule has 1 aliphatic rings.